The molecular formula is C16H28Cl2N2O2. The molecule has 1 heterocycles. The molecule has 1 fully saturated rings. The Kier molecular flexibility index (Phi) is 10.6. The van der Waals surface area contributed by atoms with Crippen molar-refractivity contribution in [1.82, 2.24) is 10.2 Å². The average Bonchev–Trinajstić information content (AvgIpc) is 2.48. The first-order valence-corrected chi connectivity index (χ1v) is 7.69. The summed E-state index contributed by atoms with van der Waals surface area (Å²) in [6.07, 6.45) is 4.59. The lowest BCUT2D eigenvalue weighted by Gasteiger charge is -2.35. The highest BCUT2D eigenvalue weighted by Gasteiger charge is 2.24. The number of benzene rings is 1. The Labute approximate surface area is 145 Å². The molecule has 6 heteroatoms. The second-order valence-electron chi connectivity index (χ2n) is 5.51. The normalized spacial score (nSPS) is 16.4. The molecule has 2 rings (SSSR count). The third-order valence-electron chi connectivity index (χ3n) is 4.08. The van der Waals surface area contributed by atoms with Crippen molar-refractivity contribution in [2.75, 3.05) is 26.2 Å². The monoisotopic (exact) mass is 350 g/mol. The van der Waals surface area contributed by atoms with E-state index in [0.717, 1.165) is 44.6 Å². The molecule has 1 aliphatic rings. The number of rotatable bonds is 6. The lowest BCUT2D eigenvalue weighted by atomic mass is 9.97. The van der Waals surface area contributed by atoms with Gasteiger partial charge in [0.25, 0.3) is 0 Å². The van der Waals surface area contributed by atoms with Gasteiger partial charge in [0.2, 0.25) is 0 Å². The van der Waals surface area contributed by atoms with E-state index in [1.807, 2.05) is 12.1 Å². The van der Waals surface area contributed by atoms with Crippen LogP contribution in [0.2, 0.25) is 0 Å². The van der Waals surface area contributed by atoms with Crippen molar-refractivity contribution in [3.63, 3.8) is 0 Å². The van der Waals surface area contributed by atoms with Gasteiger partial charge in [-0.2, -0.15) is 0 Å². The second-order valence-corrected chi connectivity index (χ2v) is 5.51. The summed E-state index contributed by atoms with van der Waals surface area (Å²) in [5.74, 6) is 0.0330. The third-order valence-corrected chi connectivity index (χ3v) is 4.08. The maximum absolute atomic E-state index is 10.2. The molecule has 128 valence electrons. The van der Waals surface area contributed by atoms with Crippen molar-refractivity contribution in [2.24, 2.45) is 0 Å². The van der Waals surface area contributed by atoms with Gasteiger partial charge >= 0.3 is 0 Å². The van der Waals surface area contributed by atoms with E-state index in [1.54, 1.807) is 6.07 Å². The van der Waals surface area contributed by atoms with Crippen molar-refractivity contribution in [3.05, 3.63) is 23.8 Å². The molecule has 0 radical (unpaired) electrons. The van der Waals surface area contributed by atoms with Crippen molar-refractivity contribution < 1.29 is 10.2 Å². The first kappa shape index (κ1) is 21.3. The fourth-order valence-electron chi connectivity index (χ4n) is 2.93. The second kappa shape index (κ2) is 10.9. The summed E-state index contributed by atoms with van der Waals surface area (Å²) < 4.78 is 0. The number of halogens is 2. The van der Waals surface area contributed by atoms with Crippen molar-refractivity contribution in [3.8, 4) is 11.5 Å². The molecule has 4 nitrogen and oxygen atoms in total. The number of phenolic OH excluding ortho intramolecular Hbond substituents is 2. The molecule has 1 aliphatic heterocycles. The van der Waals surface area contributed by atoms with E-state index in [9.17, 15) is 10.2 Å². The molecule has 0 unspecified atom stereocenters. The van der Waals surface area contributed by atoms with Crippen LogP contribution in [0.15, 0.2) is 18.2 Å². The van der Waals surface area contributed by atoms with Crippen LogP contribution >= 0.6 is 24.8 Å². The molecule has 1 aromatic rings. The smallest absolute Gasteiger partial charge is 0.162 e. The maximum atomic E-state index is 10.2. The highest BCUT2D eigenvalue weighted by Crippen LogP contribution is 2.37. The highest BCUT2D eigenvalue weighted by molar-refractivity contribution is 5.85. The van der Waals surface area contributed by atoms with Crippen LogP contribution in [-0.4, -0.2) is 41.3 Å². The number of aromatic hydroxyl groups is 2. The molecule has 0 saturated carbocycles. The Balaban J connectivity index is 0.00000220. The van der Waals surface area contributed by atoms with E-state index in [4.69, 9.17) is 0 Å². The van der Waals surface area contributed by atoms with Gasteiger partial charge in [-0.15, -0.1) is 24.8 Å². The minimum atomic E-state index is -0.0156. The minimum Gasteiger partial charge on any atom is -0.504 e. The highest BCUT2D eigenvalue weighted by atomic mass is 35.5. The lowest BCUT2D eigenvalue weighted by Crippen LogP contribution is -2.45. The van der Waals surface area contributed by atoms with E-state index in [-0.39, 0.29) is 42.4 Å². The van der Waals surface area contributed by atoms with E-state index >= 15 is 0 Å². The zero-order chi connectivity index (χ0) is 14.4. The van der Waals surface area contributed by atoms with Gasteiger partial charge < -0.3 is 15.5 Å². The van der Waals surface area contributed by atoms with Crippen molar-refractivity contribution in [2.45, 2.75) is 38.6 Å². The Morgan fingerprint density at radius 3 is 2.45 bits per heavy atom. The maximum Gasteiger partial charge on any atom is 0.162 e. The summed E-state index contributed by atoms with van der Waals surface area (Å²) in [4.78, 5) is 2.42. The van der Waals surface area contributed by atoms with Crippen LogP contribution in [-0.2, 0) is 0 Å². The number of hydrogen-bond donors (Lipinski definition) is 3. The molecule has 3 N–H and O–H groups in total. The Morgan fingerprint density at radius 1 is 1.14 bits per heavy atom. The predicted octanol–water partition coefficient (Wildman–Crippen LogP) is 3.47. The number of para-hydroxylation sites is 1. The quantitative estimate of drug-likeness (QED) is 0.543. The number of hydrogen-bond acceptors (Lipinski definition) is 4. The first-order valence-electron chi connectivity index (χ1n) is 7.69. The standard InChI is InChI=1S/C16H26N2O2.2ClH/c1-2-3-4-7-14(18-11-9-17-10-12-18)13-6-5-8-15(19)16(13)20;;/h5-6,8,14,17,19-20H,2-4,7,9-12H2,1H3;2*1H/t14-;;/m1../s1. The molecule has 1 aromatic carbocycles. The van der Waals surface area contributed by atoms with Gasteiger partial charge in [-0.05, 0) is 12.5 Å². The number of piperazine rings is 1. The van der Waals surface area contributed by atoms with Crippen LogP contribution in [0.4, 0.5) is 0 Å². The molecule has 0 amide bonds. The van der Waals surface area contributed by atoms with Crippen LogP contribution in [0.25, 0.3) is 0 Å². The Bertz CT molecular complexity index is 427. The van der Waals surface area contributed by atoms with Gasteiger partial charge in [0, 0.05) is 37.8 Å². The summed E-state index contributed by atoms with van der Waals surface area (Å²) in [7, 11) is 0. The van der Waals surface area contributed by atoms with Gasteiger partial charge in [-0.25, -0.2) is 0 Å². The average molecular weight is 351 g/mol. The molecule has 22 heavy (non-hydrogen) atoms. The van der Waals surface area contributed by atoms with Crippen LogP contribution in [0.5, 0.6) is 11.5 Å². The predicted molar refractivity (Wildman–Crippen MR) is 95.6 cm³/mol. The van der Waals surface area contributed by atoms with Gasteiger partial charge in [0.1, 0.15) is 0 Å². The number of unbranched alkanes of at least 4 members (excludes halogenated alkanes) is 2. The van der Waals surface area contributed by atoms with Crippen molar-refractivity contribution >= 4 is 24.8 Å². The summed E-state index contributed by atoms with van der Waals surface area (Å²) in [6, 6.07) is 5.50. The van der Waals surface area contributed by atoms with E-state index in [1.165, 1.54) is 12.8 Å². The Morgan fingerprint density at radius 2 is 1.82 bits per heavy atom. The SMILES string of the molecule is CCCCC[C@H](c1cccc(O)c1O)N1CCNCC1.Cl.Cl. The van der Waals surface area contributed by atoms with Gasteiger partial charge in [-0.1, -0.05) is 38.3 Å². The number of phenols is 2. The molecule has 0 spiro atoms. The first-order chi connectivity index (χ1) is 9.74. The molecule has 0 aliphatic carbocycles. The summed E-state index contributed by atoms with van der Waals surface area (Å²) in [6.45, 7) is 6.16. The molecule has 0 aromatic heterocycles. The third kappa shape index (κ3) is 5.51. The lowest BCUT2D eigenvalue weighted by molar-refractivity contribution is 0.159. The number of nitrogens with zero attached hydrogens (tertiary/aromatic N) is 1. The fourth-order valence-corrected chi connectivity index (χ4v) is 2.93. The topological polar surface area (TPSA) is 55.7 Å². The van der Waals surface area contributed by atoms with E-state index in [0.29, 0.717) is 0 Å². The molecule has 0 bridgehead atoms. The van der Waals surface area contributed by atoms with Crippen LogP contribution in [0.3, 0.4) is 0 Å². The summed E-state index contributed by atoms with van der Waals surface area (Å²) in [5, 5.41) is 23.3. The largest absolute Gasteiger partial charge is 0.504 e. The molecular weight excluding hydrogens is 323 g/mol. The van der Waals surface area contributed by atoms with Crippen LogP contribution < -0.4 is 5.32 Å². The van der Waals surface area contributed by atoms with Crippen LogP contribution in [0, 0.1) is 0 Å². The summed E-state index contributed by atoms with van der Waals surface area (Å²) in [5.41, 5.74) is 0.864. The molecule has 1 saturated heterocycles. The van der Waals surface area contributed by atoms with Crippen molar-refractivity contribution in [1.29, 1.82) is 0 Å². The minimum absolute atomic E-state index is 0. The van der Waals surface area contributed by atoms with Crippen LogP contribution in [0.1, 0.15) is 44.2 Å². The fraction of sp³-hybridized carbons (Fsp3) is 0.625. The summed E-state index contributed by atoms with van der Waals surface area (Å²) >= 11 is 0. The van der Waals surface area contributed by atoms with Gasteiger partial charge in [0.05, 0.1) is 0 Å². The van der Waals surface area contributed by atoms with Gasteiger partial charge in [-0.3, -0.25) is 4.90 Å². The van der Waals surface area contributed by atoms with E-state index in [2.05, 4.69) is 17.1 Å². The molecule has 1 atom stereocenters. The van der Waals surface area contributed by atoms with Gasteiger partial charge in [0.15, 0.2) is 11.5 Å². The Hall–Kier alpha value is -0.680. The van der Waals surface area contributed by atoms with E-state index < -0.39 is 0 Å². The zero-order valence-electron chi connectivity index (χ0n) is 13.1. The zero-order valence-corrected chi connectivity index (χ0v) is 14.8. The number of nitrogens with one attached hydrogen (secondary N) is 1.